The number of carbonyl (C=O) groups is 1. The number of hydrogen-bond donors (Lipinski definition) is 0. The molecular weight excluding hydrogens is 400 g/mol. The summed E-state index contributed by atoms with van der Waals surface area (Å²) in [7, 11) is 0. The Morgan fingerprint density at radius 2 is 1.80 bits per heavy atom. The molecule has 2 aromatic carbocycles. The summed E-state index contributed by atoms with van der Waals surface area (Å²) in [5, 5.41) is 4.77. The van der Waals surface area contributed by atoms with Crippen LogP contribution in [-0.2, 0) is 4.79 Å². The normalized spacial score (nSPS) is 19.5. The molecule has 2 aliphatic heterocycles. The molecule has 0 aliphatic carbocycles. The highest BCUT2D eigenvalue weighted by Crippen LogP contribution is 2.33. The van der Waals surface area contributed by atoms with Gasteiger partial charge in [0.15, 0.2) is 0 Å². The molecule has 0 spiro atoms. The zero-order chi connectivity index (χ0) is 20.5. The average Bonchev–Trinajstić information content (AvgIpc) is 3.42. The SMILES string of the molecule is O=C1CC(c2nc(-c3ccc(N4CCCCC4)cc3)no2)CN1c1cccc(Cl)c1. The van der Waals surface area contributed by atoms with Crippen molar-refractivity contribution in [3.63, 3.8) is 0 Å². The Kier molecular flexibility index (Phi) is 5.17. The van der Waals surface area contributed by atoms with Crippen LogP contribution in [0.1, 0.15) is 37.5 Å². The van der Waals surface area contributed by atoms with E-state index in [1.54, 1.807) is 17.0 Å². The Morgan fingerprint density at radius 3 is 2.57 bits per heavy atom. The molecule has 30 heavy (non-hydrogen) atoms. The lowest BCUT2D eigenvalue weighted by atomic mass is 10.1. The summed E-state index contributed by atoms with van der Waals surface area (Å²) in [5.74, 6) is 0.977. The second-order valence-electron chi connectivity index (χ2n) is 7.94. The number of rotatable bonds is 4. The highest BCUT2D eigenvalue weighted by Gasteiger charge is 2.35. The third-order valence-electron chi connectivity index (χ3n) is 5.88. The van der Waals surface area contributed by atoms with Gasteiger partial charge >= 0.3 is 0 Å². The van der Waals surface area contributed by atoms with Crippen molar-refractivity contribution in [2.45, 2.75) is 31.6 Å². The fraction of sp³-hybridized carbons (Fsp3) is 0.348. The summed E-state index contributed by atoms with van der Waals surface area (Å²) in [4.78, 5) is 21.3. The third kappa shape index (κ3) is 3.79. The van der Waals surface area contributed by atoms with Crippen LogP contribution in [0.3, 0.4) is 0 Å². The first-order valence-electron chi connectivity index (χ1n) is 10.4. The molecule has 6 nitrogen and oxygen atoms in total. The number of halogens is 1. The van der Waals surface area contributed by atoms with E-state index in [0.717, 1.165) is 24.3 Å². The molecule has 3 heterocycles. The predicted molar refractivity (Wildman–Crippen MR) is 117 cm³/mol. The van der Waals surface area contributed by atoms with Crippen molar-refractivity contribution in [1.82, 2.24) is 10.1 Å². The van der Waals surface area contributed by atoms with Crippen LogP contribution < -0.4 is 9.80 Å². The van der Waals surface area contributed by atoms with E-state index >= 15 is 0 Å². The number of anilines is 2. The Morgan fingerprint density at radius 1 is 1.00 bits per heavy atom. The molecule has 2 fully saturated rings. The van der Waals surface area contributed by atoms with Gasteiger partial charge in [-0.25, -0.2) is 0 Å². The number of nitrogens with zero attached hydrogens (tertiary/aromatic N) is 4. The van der Waals surface area contributed by atoms with Gasteiger partial charge in [-0.15, -0.1) is 0 Å². The summed E-state index contributed by atoms with van der Waals surface area (Å²) in [6.45, 7) is 2.74. The van der Waals surface area contributed by atoms with Gasteiger partial charge in [0.25, 0.3) is 0 Å². The number of hydrogen-bond acceptors (Lipinski definition) is 5. The first-order valence-corrected chi connectivity index (χ1v) is 10.8. The second kappa shape index (κ2) is 8.11. The van der Waals surface area contributed by atoms with Crippen molar-refractivity contribution < 1.29 is 9.32 Å². The zero-order valence-corrected chi connectivity index (χ0v) is 17.4. The standard InChI is InChI=1S/C23H23ClN4O2/c24-18-5-4-6-20(14-18)28-15-17(13-21(28)29)23-25-22(26-30-23)16-7-9-19(10-8-16)27-11-2-1-3-12-27/h4-10,14,17H,1-3,11-13,15H2. The number of piperidine rings is 1. The highest BCUT2D eigenvalue weighted by atomic mass is 35.5. The van der Waals surface area contributed by atoms with E-state index in [1.807, 2.05) is 24.3 Å². The quantitative estimate of drug-likeness (QED) is 0.598. The highest BCUT2D eigenvalue weighted by molar-refractivity contribution is 6.30. The Hall–Kier alpha value is -2.86. The Balaban J connectivity index is 1.30. The van der Waals surface area contributed by atoms with Gasteiger partial charge in [0, 0.05) is 48.0 Å². The molecule has 1 amide bonds. The maximum atomic E-state index is 12.5. The van der Waals surface area contributed by atoms with Crippen molar-refractivity contribution >= 4 is 28.9 Å². The monoisotopic (exact) mass is 422 g/mol. The van der Waals surface area contributed by atoms with E-state index in [1.165, 1.54) is 24.9 Å². The maximum Gasteiger partial charge on any atom is 0.232 e. The molecule has 7 heteroatoms. The summed E-state index contributed by atoms with van der Waals surface area (Å²) in [6, 6.07) is 15.6. The van der Waals surface area contributed by atoms with E-state index in [4.69, 9.17) is 16.1 Å². The van der Waals surface area contributed by atoms with Crippen LogP contribution in [0.4, 0.5) is 11.4 Å². The van der Waals surface area contributed by atoms with Gasteiger partial charge in [0.05, 0.1) is 5.92 Å². The van der Waals surface area contributed by atoms with Crippen LogP contribution in [0.25, 0.3) is 11.4 Å². The van der Waals surface area contributed by atoms with Gasteiger partial charge in [0.2, 0.25) is 17.6 Å². The number of aromatic nitrogens is 2. The molecule has 154 valence electrons. The van der Waals surface area contributed by atoms with Gasteiger partial charge in [-0.2, -0.15) is 4.98 Å². The van der Waals surface area contributed by atoms with Crippen molar-refractivity contribution in [1.29, 1.82) is 0 Å². The topological polar surface area (TPSA) is 62.5 Å². The zero-order valence-electron chi connectivity index (χ0n) is 16.6. The molecule has 0 saturated carbocycles. The largest absolute Gasteiger partial charge is 0.372 e. The Labute approximate surface area is 180 Å². The van der Waals surface area contributed by atoms with Gasteiger partial charge in [-0.05, 0) is 61.7 Å². The van der Waals surface area contributed by atoms with Gasteiger partial charge in [-0.1, -0.05) is 22.8 Å². The van der Waals surface area contributed by atoms with E-state index < -0.39 is 0 Å². The van der Waals surface area contributed by atoms with Crippen LogP contribution in [-0.4, -0.2) is 35.7 Å². The van der Waals surface area contributed by atoms with Gasteiger partial charge < -0.3 is 14.3 Å². The lowest BCUT2D eigenvalue weighted by Crippen LogP contribution is -2.29. The molecule has 2 aliphatic rings. The summed E-state index contributed by atoms with van der Waals surface area (Å²) in [5.41, 5.74) is 2.95. The molecule has 1 aromatic heterocycles. The molecule has 1 atom stereocenters. The van der Waals surface area contributed by atoms with Crippen LogP contribution >= 0.6 is 11.6 Å². The smallest absolute Gasteiger partial charge is 0.232 e. The molecule has 5 rings (SSSR count). The fourth-order valence-corrected chi connectivity index (χ4v) is 4.44. The first kappa shape index (κ1) is 19.1. The van der Waals surface area contributed by atoms with Gasteiger partial charge in [0.1, 0.15) is 0 Å². The first-order chi connectivity index (χ1) is 14.7. The lowest BCUT2D eigenvalue weighted by molar-refractivity contribution is -0.117. The second-order valence-corrected chi connectivity index (χ2v) is 8.37. The molecular formula is C23H23ClN4O2. The Bertz CT molecular complexity index is 1040. The van der Waals surface area contributed by atoms with Crippen molar-refractivity contribution in [2.75, 3.05) is 29.4 Å². The van der Waals surface area contributed by atoms with E-state index in [9.17, 15) is 4.79 Å². The summed E-state index contributed by atoms with van der Waals surface area (Å²) >= 11 is 6.07. The van der Waals surface area contributed by atoms with Crippen molar-refractivity contribution in [3.05, 3.63) is 59.4 Å². The van der Waals surface area contributed by atoms with Crippen molar-refractivity contribution in [2.24, 2.45) is 0 Å². The van der Waals surface area contributed by atoms with Gasteiger partial charge in [-0.3, -0.25) is 4.79 Å². The minimum atomic E-state index is -0.120. The van der Waals surface area contributed by atoms with Crippen LogP contribution in [0, 0.1) is 0 Å². The minimum Gasteiger partial charge on any atom is -0.372 e. The molecule has 3 aromatic rings. The summed E-state index contributed by atoms with van der Waals surface area (Å²) < 4.78 is 5.53. The maximum absolute atomic E-state index is 12.5. The number of amides is 1. The minimum absolute atomic E-state index is 0.0351. The molecule has 1 unspecified atom stereocenters. The predicted octanol–water partition coefficient (Wildman–Crippen LogP) is 4.90. The molecule has 0 N–H and O–H groups in total. The molecule has 0 bridgehead atoms. The fourth-order valence-electron chi connectivity index (χ4n) is 4.26. The number of benzene rings is 2. The van der Waals surface area contributed by atoms with Crippen LogP contribution in [0.5, 0.6) is 0 Å². The molecule has 0 radical (unpaired) electrons. The van der Waals surface area contributed by atoms with E-state index in [0.29, 0.717) is 29.7 Å². The van der Waals surface area contributed by atoms with Crippen molar-refractivity contribution in [3.8, 4) is 11.4 Å². The van der Waals surface area contributed by atoms with Crippen LogP contribution in [0.2, 0.25) is 5.02 Å². The number of carbonyl (C=O) groups excluding carboxylic acids is 1. The van der Waals surface area contributed by atoms with Crippen LogP contribution in [0.15, 0.2) is 53.1 Å². The molecule has 2 saturated heterocycles. The summed E-state index contributed by atoms with van der Waals surface area (Å²) in [6.07, 6.45) is 4.17. The average molecular weight is 423 g/mol. The van der Waals surface area contributed by atoms with E-state index in [2.05, 4.69) is 27.2 Å². The lowest BCUT2D eigenvalue weighted by Gasteiger charge is -2.28. The van der Waals surface area contributed by atoms with E-state index in [-0.39, 0.29) is 11.8 Å². The third-order valence-corrected chi connectivity index (χ3v) is 6.12.